The molecule has 0 radical (unpaired) electrons. The minimum atomic E-state index is -2.71. The molecule has 0 aromatic heterocycles. The summed E-state index contributed by atoms with van der Waals surface area (Å²) in [5.74, 6) is -4.78. The predicted molar refractivity (Wildman–Crippen MR) is 90.7 cm³/mol. The maximum absolute atomic E-state index is 15.5. The van der Waals surface area contributed by atoms with Crippen LogP contribution in [0.5, 0.6) is 5.75 Å². The van der Waals surface area contributed by atoms with Gasteiger partial charge in [-0.3, -0.25) is 4.79 Å². The first-order valence-electron chi connectivity index (χ1n) is 8.05. The Balaban J connectivity index is 2.73. The van der Waals surface area contributed by atoms with E-state index >= 15 is 8.78 Å². The Morgan fingerprint density at radius 1 is 1.30 bits per heavy atom. The summed E-state index contributed by atoms with van der Waals surface area (Å²) in [4.78, 5) is 34.3. The molecular weight excluding hydrogens is 362 g/mol. The van der Waals surface area contributed by atoms with Crippen LogP contribution in [-0.2, 0) is 24.5 Å². The first-order valence-corrected chi connectivity index (χ1v) is 8.05. The van der Waals surface area contributed by atoms with E-state index in [0.29, 0.717) is 11.8 Å². The fourth-order valence-corrected chi connectivity index (χ4v) is 3.01. The fraction of sp³-hybridized carbons (Fsp3) is 0.316. The highest BCUT2D eigenvalue weighted by atomic mass is 19.1. The molecule has 2 atom stereocenters. The molecule has 2 rings (SSSR count). The third-order valence-corrected chi connectivity index (χ3v) is 4.39. The molecule has 0 bridgehead atoms. The molecule has 1 aliphatic carbocycles. The molecule has 0 spiro atoms. The Hall–Kier alpha value is -3.03. The first kappa shape index (κ1) is 20.3. The lowest BCUT2D eigenvalue weighted by atomic mass is 9.70. The van der Waals surface area contributed by atoms with Gasteiger partial charge in [0, 0.05) is 5.57 Å². The van der Waals surface area contributed by atoms with Gasteiger partial charge in [-0.25, -0.2) is 8.78 Å². The molecular formula is C19H18F2O6. The fourth-order valence-electron chi connectivity index (χ4n) is 3.01. The summed E-state index contributed by atoms with van der Waals surface area (Å²) in [7, 11) is 1.39. The van der Waals surface area contributed by atoms with Crippen LogP contribution in [0.1, 0.15) is 12.5 Å². The Labute approximate surface area is 154 Å². The van der Waals surface area contributed by atoms with Gasteiger partial charge in [-0.2, -0.15) is 0 Å². The van der Waals surface area contributed by atoms with E-state index in [2.05, 4.69) is 0 Å². The average molecular weight is 380 g/mol. The second kappa shape index (κ2) is 8.11. The summed E-state index contributed by atoms with van der Waals surface area (Å²) in [6, 6.07) is 5.22. The van der Waals surface area contributed by atoms with Gasteiger partial charge in [0.2, 0.25) is 0 Å². The average Bonchev–Trinajstić information content (AvgIpc) is 2.66. The van der Waals surface area contributed by atoms with Crippen molar-refractivity contribution in [2.75, 3.05) is 13.7 Å². The van der Waals surface area contributed by atoms with Crippen LogP contribution < -0.4 is 4.74 Å². The zero-order chi connectivity index (χ0) is 20.2. The van der Waals surface area contributed by atoms with Crippen molar-refractivity contribution >= 4 is 18.5 Å². The largest absolute Gasteiger partial charge is 0.497 e. The number of halogens is 2. The number of allylic oxidation sites excluding steroid dienone is 3. The SMILES string of the molecule is CCOC1=C(C(C=O)C=O)C=C(F)C(C(=O)O)(c2ccc(OC)cc2)C1F. The number of hydrogen-bond donors (Lipinski definition) is 1. The van der Waals surface area contributed by atoms with Gasteiger partial charge < -0.3 is 24.2 Å². The maximum Gasteiger partial charge on any atom is 0.324 e. The quantitative estimate of drug-likeness (QED) is 0.551. The number of rotatable bonds is 8. The van der Waals surface area contributed by atoms with E-state index in [0.717, 1.165) is 0 Å². The molecule has 1 aromatic carbocycles. The standard InChI is InChI=1S/C19H18F2O6/c1-3-27-16-14(11(9-22)10-23)8-15(20)19(17(16)21,18(24)25)12-4-6-13(26-2)7-5-12/h4-11,17H,3H2,1-2H3,(H,24,25). The Kier molecular flexibility index (Phi) is 6.09. The number of ether oxygens (including phenoxy) is 2. The Morgan fingerprint density at radius 3 is 2.33 bits per heavy atom. The van der Waals surface area contributed by atoms with Gasteiger partial charge in [0.25, 0.3) is 0 Å². The van der Waals surface area contributed by atoms with E-state index in [1.54, 1.807) is 0 Å². The number of methoxy groups -OCH3 is 1. The van der Waals surface area contributed by atoms with Crippen LogP contribution in [0.4, 0.5) is 8.78 Å². The molecule has 0 aliphatic heterocycles. The van der Waals surface area contributed by atoms with E-state index in [4.69, 9.17) is 9.47 Å². The van der Waals surface area contributed by atoms with Gasteiger partial charge in [-0.15, -0.1) is 0 Å². The second-order valence-corrected chi connectivity index (χ2v) is 5.75. The molecule has 1 aromatic rings. The van der Waals surface area contributed by atoms with E-state index in [1.165, 1.54) is 38.3 Å². The van der Waals surface area contributed by atoms with Crippen LogP contribution in [0.3, 0.4) is 0 Å². The lowest BCUT2D eigenvalue weighted by Crippen LogP contribution is -2.49. The highest BCUT2D eigenvalue weighted by Gasteiger charge is 2.57. The summed E-state index contributed by atoms with van der Waals surface area (Å²) >= 11 is 0. The van der Waals surface area contributed by atoms with Crippen molar-refractivity contribution in [1.29, 1.82) is 0 Å². The zero-order valence-electron chi connectivity index (χ0n) is 14.6. The molecule has 0 saturated heterocycles. The molecule has 27 heavy (non-hydrogen) atoms. The number of carbonyl (C=O) groups is 3. The molecule has 1 N–H and O–H groups in total. The summed E-state index contributed by atoms with van der Waals surface area (Å²) < 4.78 is 40.7. The number of aliphatic carboxylic acids is 1. The number of hydrogen-bond acceptors (Lipinski definition) is 5. The van der Waals surface area contributed by atoms with Crippen molar-refractivity contribution < 1.29 is 37.7 Å². The molecule has 144 valence electrons. The van der Waals surface area contributed by atoms with E-state index in [9.17, 15) is 19.5 Å². The van der Waals surface area contributed by atoms with Crippen molar-refractivity contribution in [1.82, 2.24) is 0 Å². The lowest BCUT2D eigenvalue weighted by molar-refractivity contribution is -0.145. The van der Waals surface area contributed by atoms with Crippen molar-refractivity contribution in [3.05, 3.63) is 53.1 Å². The second-order valence-electron chi connectivity index (χ2n) is 5.75. The molecule has 1 aliphatic rings. The number of carbonyl (C=O) groups excluding carboxylic acids is 2. The minimum absolute atomic E-state index is 0.0720. The smallest absolute Gasteiger partial charge is 0.324 e. The van der Waals surface area contributed by atoms with E-state index < -0.39 is 35.1 Å². The normalized spacial score (nSPS) is 22.3. The molecule has 6 nitrogen and oxygen atoms in total. The van der Waals surface area contributed by atoms with Gasteiger partial charge in [0.15, 0.2) is 11.6 Å². The predicted octanol–water partition coefficient (Wildman–Crippen LogP) is 2.53. The molecule has 0 saturated carbocycles. The first-order chi connectivity index (χ1) is 12.9. The highest BCUT2D eigenvalue weighted by Crippen LogP contribution is 2.47. The van der Waals surface area contributed by atoms with Crippen LogP contribution in [0.2, 0.25) is 0 Å². The summed E-state index contributed by atoms with van der Waals surface area (Å²) in [5, 5.41) is 9.77. The molecule has 0 amide bonds. The van der Waals surface area contributed by atoms with E-state index in [-0.39, 0.29) is 30.3 Å². The van der Waals surface area contributed by atoms with Gasteiger partial charge >= 0.3 is 5.97 Å². The molecule has 8 heteroatoms. The number of benzene rings is 1. The highest BCUT2D eigenvalue weighted by molar-refractivity contribution is 5.90. The van der Waals surface area contributed by atoms with Crippen LogP contribution >= 0.6 is 0 Å². The van der Waals surface area contributed by atoms with Crippen LogP contribution in [0.25, 0.3) is 0 Å². The summed E-state index contributed by atoms with van der Waals surface area (Å²) in [6.45, 7) is 1.44. The number of carboxylic acids is 1. The van der Waals surface area contributed by atoms with Crippen LogP contribution in [0.15, 0.2) is 47.5 Å². The summed E-state index contributed by atoms with van der Waals surface area (Å²) in [6.07, 6.45) is -1.39. The van der Waals surface area contributed by atoms with Crippen molar-refractivity contribution in [2.45, 2.75) is 18.5 Å². The van der Waals surface area contributed by atoms with Gasteiger partial charge in [0.1, 0.15) is 29.9 Å². The topological polar surface area (TPSA) is 89.9 Å². The third-order valence-electron chi connectivity index (χ3n) is 4.39. The summed E-state index contributed by atoms with van der Waals surface area (Å²) in [5.41, 5.74) is -3.23. The zero-order valence-corrected chi connectivity index (χ0v) is 14.6. The van der Waals surface area contributed by atoms with Crippen molar-refractivity contribution in [2.24, 2.45) is 5.92 Å². The lowest BCUT2D eigenvalue weighted by Gasteiger charge is -2.36. The van der Waals surface area contributed by atoms with E-state index in [1.807, 2.05) is 0 Å². The van der Waals surface area contributed by atoms with Crippen molar-refractivity contribution in [3.63, 3.8) is 0 Å². The van der Waals surface area contributed by atoms with Crippen LogP contribution in [0, 0.1) is 5.92 Å². The Bertz CT molecular complexity index is 791. The third kappa shape index (κ3) is 3.22. The maximum atomic E-state index is 15.5. The van der Waals surface area contributed by atoms with Crippen LogP contribution in [-0.4, -0.2) is 43.5 Å². The monoisotopic (exact) mass is 380 g/mol. The molecule has 2 unspecified atom stereocenters. The number of alkyl halides is 1. The molecule has 0 fully saturated rings. The molecule has 0 heterocycles. The van der Waals surface area contributed by atoms with Gasteiger partial charge in [0.05, 0.1) is 19.6 Å². The number of aldehydes is 2. The Morgan fingerprint density at radius 2 is 1.89 bits per heavy atom. The minimum Gasteiger partial charge on any atom is -0.497 e. The van der Waals surface area contributed by atoms with Crippen molar-refractivity contribution in [3.8, 4) is 5.75 Å². The van der Waals surface area contributed by atoms with Gasteiger partial charge in [-0.1, -0.05) is 12.1 Å². The van der Waals surface area contributed by atoms with Gasteiger partial charge in [-0.05, 0) is 30.7 Å². The number of carboxylic acid groups (broad SMARTS) is 1.